The molecule has 0 aliphatic carbocycles. The molecule has 6 atom stereocenters. The summed E-state index contributed by atoms with van der Waals surface area (Å²) in [7, 11) is 0. The standard InChI is InChI=1S/C19H29BrN2O6/c1-3-5-7-21-16(24)15-19-10-11(20)14(28-19)12(18(26)27-4-2)13(19)17(25)22(15)8-6-9-23/h11-15,23H,3-10H2,1-2H3,(H,21,24)/t11?,12-,13+,14-,15?,19?/m1/s1. The van der Waals surface area contributed by atoms with Crippen LogP contribution in [0.5, 0.6) is 0 Å². The Morgan fingerprint density at radius 1 is 1.39 bits per heavy atom. The monoisotopic (exact) mass is 460 g/mol. The van der Waals surface area contributed by atoms with Crippen LogP contribution in [0.3, 0.4) is 0 Å². The van der Waals surface area contributed by atoms with Crippen LogP contribution in [0, 0.1) is 11.8 Å². The first-order valence-electron chi connectivity index (χ1n) is 10.1. The molecule has 2 amide bonds. The number of carbonyl (C=O) groups excluding carboxylic acids is 3. The molecule has 3 unspecified atom stereocenters. The van der Waals surface area contributed by atoms with Gasteiger partial charge in [-0.15, -0.1) is 0 Å². The van der Waals surface area contributed by atoms with E-state index in [2.05, 4.69) is 21.2 Å². The van der Waals surface area contributed by atoms with Crippen LogP contribution in [0.2, 0.25) is 0 Å². The number of nitrogens with one attached hydrogen (secondary N) is 1. The van der Waals surface area contributed by atoms with Crippen molar-refractivity contribution in [2.45, 2.75) is 62.1 Å². The minimum atomic E-state index is -1.04. The van der Waals surface area contributed by atoms with Crippen molar-refractivity contribution in [3.05, 3.63) is 0 Å². The van der Waals surface area contributed by atoms with Gasteiger partial charge >= 0.3 is 5.97 Å². The lowest BCUT2D eigenvalue weighted by Gasteiger charge is -2.34. The molecule has 0 aromatic heterocycles. The number of fused-ring (bicyclic) bond motifs is 1. The van der Waals surface area contributed by atoms with Crippen LogP contribution in [0.1, 0.15) is 39.5 Å². The topological polar surface area (TPSA) is 105 Å². The summed E-state index contributed by atoms with van der Waals surface area (Å²) in [6, 6.07) is -0.808. The third-order valence-corrected chi connectivity index (χ3v) is 6.83. The highest BCUT2D eigenvalue weighted by molar-refractivity contribution is 9.09. The molecule has 3 rings (SSSR count). The molecule has 9 heteroatoms. The summed E-state index contributed by atoms with van der Waals surface area (Å²) in [4.78, 5) is 40.4. The third kappa shape index (κ3) is 3.35. The van der Waals surface area contributed by atoms with Crippen LogP contribution in [-0.2, 0) is 23.9 Å². The third-order valence-electron chi connectivity index (χ3n) is 5.98. The van der Waals surface area contributed by atoms with E-state index in [0.29, 0.717) is 19.4 Å². The fraction of sp³-hybridized carbons (Fsp3) is 0.842. The van der Waals surface area contributed by atoms with E-state index >= 15 is 0 Å². The number of likely N-dealkylation sites (tertiary alicyclic amines) is 1. The fourth-order valence-electron chi connectivity index (χ4n) is 4.90. The van der Waals surface area contributed by atoms with Gasteiger partial charge in [0, 0.05) is 24.5 Å². The molecule has 1 spiro atoms. The Hall–Kier alpha value is -1.19. The van der Waals surface area contributed by atoms with E-state index in [9.17, 15) is 19.5 Å². The zero-order valence-corrected chi connectivity index (χ0v) is 17.9. The van der Waals surface area contributed by atoms with Crippen LogP contribution in [-0.4, -0.2) is 76.7 Å². The molecule has 158 valence electrons. The molecule has 0 saturated carbocycles. The van der Waals surface area contributed by atoms with Gasteiger partial charge in [-0.3, -0.25) is 14.4 Å². The number of aliphatic hydroxyl groups is 1. The number of unbranched alkanes of at least 4 members (excludes halogenated alkanes) is 1. The molecule has 0 aromatic carbocycles. The summed E-state index contributed by atoms with van der Waals surface area (Å²) in [6.07, 6.45) is 2.14. The average molecular weight is 461 g/mol. The summed E-state index contributed by atoms with van der Waals surface area (Å²) in [5.41, 5.74) is -1.04. The molecule has 3 fully saturated rings. The number of halogens is 1. The van der Waals surface area contributed by atoms with Crippen molar-refractivity contribution in [2.75, 3.05) is 26.3 Å². The van der Waals surface area contributed by atoms with Crippen LogP contribution in [0.4, 0.5) is 0 Å². The van der Waals surface area contributed by atoms with Gasteiger partial charge in [-0.1, -0.05) is 29.3 Å². The van der Waals surface area contributed by atoms with Gasteiger partial charge in [0.15, 0.2) is 0 Å². The average Bonchev–Trinajstić information content (AvgIpc) is 3.24. The number of nitrogens with zero attached hydrogens (tertiary/aromatic N) is 1. The minimum Gasteiger partial charge on any atom is -0.466 e. The summed E-state index contributed by atoms with van der Waals surface area (Å²) in [5, 5.41) is 12.2. The molecule has 2 bridgehead atoms. The quantitative estimate of drug-likeness (QED) is 0.296. The molecule has 3 aliphatic heterocycles. The van der Waals surface area contributed by atoms with E-state index in [4.69, 9.17) is 9.47 Å². The highest BCUT2D eigenvalue weighted by Crippen LogP contribution is 2.60. The number of ether oxygens (including phenoxy) is 2. The number of amides is 2. The first-order chi connectivity index (χ1) is 13.4. The predicted octanol–water partition coefficient (Wildman–Crippen LogP) is 0.596. The summed E-state index contributed by atoms with van der Waals surface area (Å²) in [6.45, 7) is 4.67. The van der Waals surface area contributed by atoms with Crippen LogP contribution in [0.15, 0.2) is 0 Å². The number of esters is 1. The van der Waals surface area contributed by atoms with Crippen molar-refractivity contribution >= 4 is 33.7 Å². The molecule has 2 N–H and O–H groups in total. The maximum Gasteiger partial charge on any atom is 0.312 e. The number of rotatable bonds is 9. The smallest absolute Gasteiger partial charge is 0.312 e. The normalized spacial score (nSPS) is 35.9. The van der Waals surface area contributed by atoms with Crippen molar-refractivity contribution in [1.29, 1.82) is 0 Å². The minimum absolute atomic E-state index is 0.0858. The van der Waals surface area contributed by atoms with Gasteiger partial charge < -0.3 is 24.8 Å². The Labute approximate surface area is 173 Å². The molecular weight excluding hydrogens is 432 g/mol. The lowest BCUT2D eigenvalue weighted by Crippen LogP contribution is -2.56. The van der Waals surface area contributed by atoms with Crippen molar-refractivity contribution in [3.8, 4) is 0 Å². The zero-order valence-electron chi connectivity index (χ0n) is 16.4. The highest BCUT2D eigenvalue weighted by atomic mass is 79.9. The van der Waals surface area contributed by atoms with Gasteiger partial charge in [0.25, 0.3) is 0 Å². The largest absolute Gasteiger partial charge is 0.466 e. The molecule has 3 saturated heterocycles. The summed E-state index contributed by atoms with van der Waals surface area (Å²) >= 11 is 3.59. The first kappa shape index (κ1) is 21.5. The lowest BCUT2D eigenvalue weighted by atomic mass is 9.70. The Kier molecular flexibility index (Phi) is 6.66. The second-order valence-corrected chi connectivity index (χ2v) is 8.85. The molecule has 8 nitrogen and oxygen atoms in total. The maximum absolute atomic E-state index is 13.3. The van der Waals surface area contributed by atoms with E-state index in [0.717, 1.165) is 12.8 Å². The molecule has 0 radical (unpaired) electrons. The van der Waals surface area contributed by atoms with E-state index < -0.39 is 35.6 Å². The Bertz CT molecular complexity index is 632. The number of hydrogen-bond donors (Lipinski definition) is 2. The van der Waals surface area contributed by atoms with Crippen LogP contribution in [0.25, 0.3) is 0 Å². The van der Waals surface area contributed by atoms with Crippen molar-refractivity contribution in [3.63, 3.8) is 0 Å². The van der Waals surface area contributed by atoms with E-state index in [1.54, 1.807) is 6.92 Å². The maximum atomic E-state index is 13.3. The van der Waals surface area contributed by atoms with Crippen LogP contribution >= 0.6 is 15.9 Å². The number of aliphatic hydroxyl groups excluding tert-OH is 1. The number of alkyl halides is 1. The predicted molar refractivity (Wildman–Crippen MR) is 104 cm³/mol. The Morgan fingerprint density at radius 2 is 2.14 bits per heavy atom. The van der Waals surface area contributed by atoms with Gasteiger partial charge in [0.1, 0.15) is 11.6 Å². The van der Waals surface area contributed by atoms with Gasteiger partial charge in [-0.2, -0.15) is 0 Å². The zero-order chi connectivity index (χ0) is 20.5. The van der Waals surface area contributed by atoms with Crippen molar-refractivity contribution in [2.24, 2.45) is 11.8 Å². The van der Waals surface area contributed by atoms with Gasteiger partial charge in [-0.05, 0) is 26.2 Å². The summed E-state index contributed by atoms with van der Waals surface area (Å²) < 4.78 is 11.5. The second kappa shape index (κ2) is 8.67. The van der Waals surface area contributed by atoms with Gasteiger partial charge in [-0.25, -0.2) is 0 Å². The number of carbonyl (C=O) groups is 3. The van der Waals surface area contributed by atoms with Gasteiger partial charge in [0.05, 0.1) is 24.5 Å². The van der Waals surface area contributed by atoms with E-state index in [-0.39, 0.29) is 36.4 Å². The first-order valence-corrected chi connectivity index (χ1v) is 11.0. The molecule has 3 heterocycles. The van der Waals surface area contributed by atoms with Crippen molar-refractivity contribution in [1.82, 2.24) is 10.2 Å². The molecule has 0 aromatic rings. The van der Waals surface area contributed by atoms with E-state index in [1.807, 2.05) is 6.92 Å². The Morgan fingerprint density at radius 3 is 2.79 bits per heavy atom. The molecule has 28 heavy (non-hydrogen) atoms. The van der Waals surface area contributed by atoms with Crippen molar-refractivity contribution < 1.29 is 29.0 Å². The fourth-order valence-corrected chi connectivity index (χ4v) is 5.85. The van der Waals surface area contributed by atoms with Crippen LogP contribution < -0.4 is 5.32 Å². The van der Waals surface area contributed by atoms with Gasteiger partial charge in [0.2, 0.25) is 11.8 Å². The highest BCUT2D eigenvalue weighted by Gasteiger charge is 2.76. The molecule has 3 aliphatic rings. The lowest BCUT2D eigenvalue weighted by molar-refractivity contribution is -0.154. The summed E-state index contributed by atoms with van der Waals surface area (Å²) in [5.74, 6) is -2.43. The SMILES string of the molecule is CCCCNC(=O)C1N(CCCO)C(=O)[C@@H]2[C@@H](C(=O)OCC)[C@@H]3OC12CC3Br. The Balaban J connectivity index is 1.94. The number of hydrogen-bond acceptors (Lipinski definition) is 6. The van der Waals surface area contributed by atoms with E-state index in [1.165, 1.54) is 4.90 Å². The second-order valence-electron chi connectivity index (χ2n) is 7.67. The molecular formula is C19H29BrN2O6.